The van der Waals surface area contributed by atoms with Crippen molar-refractivity contribution in [3.8, 4) is 0 Å². The van der Waals surface area contributed by atoms with E-state index in [1.54, 1.807) is 18.2 Å². The third-order valence-corrected chi connectivity index (χ3v) is 1.92. The van der Waals surface area contributed by atoms with E-state index >= 15 is 0 Å². The number of benzene rings is 1. The second kappa shape index (κ2) is 2.95. The minimum atomic E-state index is -0.538. The van der Waals surface area contributed by atoms with Crippen molar-refractivity contribution in [2.75, 3.05) is 0 Å². The van der Waals surface area contributed by atoms with Crippen LogP contribution in [-0.4, -0.2) is 15.9 Å². The molecule has 0 aliphatic heterocycles. The van der Waals surface area contributed by atoms with Crippen molar-refractivity contribution in [2.45, 2.75) is 0 Å². The van der Waals surface area contributed by atoms with Gasteiger partial charge < -0.3 is 10.7 Å². The molecule has 70 valence electrons. The smallest absolute Gasteiger partial charge is 0.345 e. The molecule has 2 rings (SSSR count). The molecule has 0 atom stereocenters. The summed E-state index contributed by atoms with van der Waals surface area (Å²) in [6, 6.07) is 4.92. The van der Waals surface area contributed by atoms with E-state index < -0.39 is 11.6 Å². The average molecular weight is 189 g/mol. The number of fused-ring (bicyclic) bond motifs is 1. The summed E-state index contributed by atoms with van der Waals surface area (Å²) in [7, 11) is 0. The van der Waals surface area contributed by atoms with Crippen LogP contribution in [-0.2, 0) is 0 Å². The van der Waals surface area contributed by atoms with Crippen LogP contribution in [0.2, 0.25) is 0 Å². The molecule has 1 aromatic heterocycles. The number of nitrogens with zero attached hydrogens (tertiary/aromatic N) is 1. The molecule has 0 spiro atoms. The van der Waals surface area contributed by atoms with Crippen molar-refractivity contribution in [3.05, 3.63) is 40.4 Å². The maximum Gasteiger partial charge on any atom is 0.345 e. The molecule has 0 saturated carbocycles. The van der Waals surface area contributed by atoms with Crippen LogP contribution in [0.15, 0.2) is 29.2 Å². The lowest BCUT2D eigenvalue weighted by Gasteiger charge is -2.00. The zero-order valence-electron chi connectivity index (χ0n) is 7.15. The van der Waals surface area contributed by atoms with E-state index in [2.05, 4.69) is 9.97 Å². The third-order valence-electron chi connectivity index (χ3n) is 1.92. The summed E-state index contributed by atoms with van der Waals surface area (Å²) in [6.45, 7) is 0. The van der Waals surface area contributed by atoms with E-state index in [4.69, 9.17) is 5.73 Å². The lowest BCUT2D eigenvalue weighted by Crippen LogP contribution is -2.14. The molecule has 14 heavy (non-hydrogen) atoms. The molecule has 1 heterocycles. The first-order valence-electron chi connectivity index (χ1n) is 3.96. The Balaban J connectivity index is 2.88. The number of hydrogen-bond donors (Lipinski definition) is 2. The minimum Gasteiger partial charge on any atom is -0.366 e. The van der Waals surface area contributed by atoms with Crippen molar-refractivity contribution < 1.29 is 4.79 Å². The number of carbonyl (C=O) groups excluding carboxylic acids is 1. The summed E-state index contributed by atoms with van der Waals surface area (Å²) < 4.78 is 0. The van der Waals surface area contributed by atoms with Gasteiger partial charge in [-0.3, -0.25) is 4.79 Å². The first-order valence-corrected chi connectivity index (χ1v) is 3.96. The highest BCUT2D eigenvalue weighted by atomic mass is 16.1. The van der Waals surface area contributed by atoms with Crippen molar-refractivity contribution in [1.29, 1.82) is 0 Å². The van der Waals surface area contributed by atoms with Gasteiger partial charge in [-0.1, -0.05) is 6.07 Å². The van der Waals surface area contributed by atoms with E-state index in [1.807, 2.05) is 0 Å². The van der Waals surface area contributed by atoms with E-state index in [9.17, 15) is 9.59 Å². The maximum absolute atomic E-state index is 11.0. The van der Waals surface area contributed by atoms with Gasteiger partial charge in [-0.2, -0.15) is 0 Å². The SMILES string of the molecule is NC(=O)c1cccc2[nH]c(=O)ncc12. The van der Waals surface area contributed by atoms with Crippen LogP contribution in [0, 0.1) is 0 Å². The number of hydrogen-bond acceptors (Lipinski definition) is 3. The summed E-state index contributed by atoms with van der Waals surface area (Å²) >= 11 is 0. The number of aromatic nitrogens is 2. The van der Waals surface area contributed by atoms with Crippen LogP contribution >= 0.6 is 0 Å². The molecule has 0 aliphatic carbocycles. The molecule has 2 aromatic rings. The molecule has 0 aliphatic rings. The van der Waals surface area contributed by atoms with Gasteiger partial charge in [0.2, 0.25) is 5.91 Å². The molecule has 3 N–H and O–H groups in total. The molecule has 0 radical (unpaired) electrons. The second-order valence-corrected chi connectivity index (χ2v) is 2.82. The number of H-pyrrole nitrogens is 1. The first kappa shape index (κ1) is 8.43. The molecule has 0 bridgehead atoms. The summed E-state index contributed by atoms with van der Waals surface area (Å²) in [4.78, 5) is 27.9. The van der Waals surface area contributed by atoms with E-state index in [-0.39, 0.29) is 0 Å². The largest absolute Gasteiger partial charge is 0.366 e. The molecule has 0 unspecified atom stereocenters. The number of nitrogens with two attached hydrogens (primary N) is 1. The zero-order chi connectivity index (χ0) is 10.1. The second-order valence-electron chi connectivity index (χ2n) is 2.82. The number of carbonyl (C=O) groups is 1. The Bertz CT molecular complexity index is 559. The van der Waals surface area contributed by atoms with Crippen molar-refractivity contribution in [1.82, 2.24) is 9.97 Å². The summed E-state index contributed by atoms with van der Waals surface area (Å²) in [5.41, 5.74) is 5.62. The van der Waals surface area contributed by atoms with Crippen LogP contribution in [0.4, 0.5) is 0 Å². The quantitative estimate of drug-likeness (QED) is 0.662. The van der Waals surface area contributed by atoms with Crippen LogP contribution in [0.3, 0.4) is 0 Å². The molecule has 0 fully saturated rings. The molecular formula is C9H7N3O2. The predicted octanol–water partition coefficient (Wildman–Crippen LogP) is 0.0220. The van der Waals surface area contributed by atoms with Gasteiger partial charge in [-0.05, 0) is 12.1 Å². The number of nitrogens with one attached hydrogen (secondary N) is 1. The van der Waals surface area contributed by atoms with E-state index in [0.717, 1.165) is 0 Å². The van der Waals surface area contributed by atoms with Crippen LogP contribution in [0.1, 0.15) is 10.4 Å². The van der Waals surface area contributed by atoms with Crippen LogP contribution < -0.4 is 11.4 Å². The van der Waals surface area contributed by atoms with Gasteiger partial charge in [0, 0.05) is 17.1 Å². The Morgan fingerprint density at radius 1 is 1.43 bits per heavy atom. The summed E-state index contributed by atoms with van der Waals surface area (Å²) in [5, 5.41) is 0.555. The number of rotatable bonds is 1. The van der Waals surface area contributed by atoms with Gasteiger partial charge in [0.25, 0.3) is 0 Å². The van der Waals surface area contributed by atoms with Crippen molar-refractivity contribution in [2.24, 2.45) is 5.73 Å². The number of amides is 1. The standard InChI is InChI=1S/C9H7N3O2/c10-8(13)5-2-1-3-7-6(5)4-11-9(14)12-7/h1-4H,(H2,10,13)(H,11,12,14). The van der Waals surface area contributed by atoms with Crippen LogP contribution in [0.25, 0.3) is 10.9 Å². The lowest BCUT2D eigenvalue weighted by molar-refractivity contribution is 0.100. The molecule has 0 saturated heterocycles. The molecule has 1 amide bonds. The Morgan fingerprint density at radius 3 is 2.93 bits per heavy atom. The normalized spacial score (nSPS) is 10.3. The van der Waals surface area contributed by atoms with Gasteiger partial charge in [-0.15, -0.1) is 0 Å². The van der Waals surface area contributed by atoms with E-state index in [0.29, 0.717) is 16.5 Å². The highest BCUT2D eigenvalue weighted by Crippen LogP contribution is 2.13. The van der Waals surface area contributed by atoms with Crippen molar-refractivity contribution >= 4 is 16.8 Å². The van der Waals surface area contributed by atoms with E-state index in [1.165, 1.54) is 6.20 Å². The Hall–Kier alpha value is -2.17. The maximum atomic E-state index is 11.0. The molecule has 5 nitrogen and oxygen atoms in total. The Labute approximate surface area is 78.6 Å². The van der Waals surface area contributed by atoms with Crippen molar-refractivity contribution in [3.63, 3.8) is 0 Å². The average Bonchev–Trinajstić information content (AvgIpc) is 2.16. The highest BCUT2D eigenvalue weighted by Gasteiger charge is 2.06. The summed E-state index contributed by atoms with van der Waals surface area (Å²) in [6.07, 6.45) is 1.34. The predicted molar refractivity (Wildman–Crippen MR) is 50.9 cm³/mol. The zero-order valence-corrected chi connectivity index (χ0v) is 7.15. The van der Waals surface area contributed by atoms with Gasteiger partial charge in [-0.25, -0.2) is 9.78 Å². The summed E-state index contributed by atoms with van der Waals surface area (Å²) in [5.74, 6) is -0.538. The molecular weight excluding hydrogens is 182 g/mol. The van der Waals surface area contributed by atoms with Gasteiger partial charge in [0.1, 0.15) is 0 Å². The fourth-order valence-electron chi connectivity index (χ4n) is 1.30. The van der Waals surface area contributed by atoms with Gasteiger partial charge >= 0.3 is 5.69 Å². The fraction of sp³-hybridized carbons (Fsp3) is 0. The van der Waals surface area contributed by atoms with Crippen LogP contribution in [0.5, 0.6) is 0 Å². The highest BCUT2D eigenvalue weighted by molar-refractivity contribution is 6.04. The topological polar surface area (TPSA) is 88.8 Å². The lowest BCUT2D eigenvalue weighted by atomic mass is 10.1. The molecule has 1 aromatic carbocycles. The molecule has 5 heteroatoms. The fourth-order valence-corrected chi connectivity index (χ4v) is 1.30. The Morgan fingerprint density at radius 2 is 2.21 bits per heavy atom. The Kier molecular flexibility index (Phi) is 1.78. The number of primary amides is 1. The monoisotopic (exact) mass is 189 g/mol. The first-order chi connectivity index (χ1) is 6.68. The third kappa shape index (κ3) is 1.24. The minimum absolute atomic E-state index is 0.353. The number of aromatic amines is 1. The van der Waals surface area contributed by atoms with Gasteiger partial charge in [0.15, 0.2) is 0 Å². The van der Waals surface area contributed by atoms with Gasteiger partial charge in [0.05, 0.1) is 5.52 Å².